The number of carbonyl (C=O) groups excluding carboxylic acids is 2. The van der Waals surface area contributed by atoms with Gasteiger partial charge in [0, 0.05) is 25.2 Å². The molecule has 2 heterocycles. The average Bonchev–Trinajstić information content (AvgIpc) is 3.16. The van der Waals surface area contributed by atoms with Crippen LogP contribution in [0.4, 0.5) is 11.6 Å². The number of anilines is 2. The van der Waals surface area contributed by atoms with Crippen LogP contribution < -0.4 is 10.6 Å². The number of ether oxygens (including phenoxy) is 1. The molecule has 1 aromatic carbocycles. The summed E-state index contributed by atoms with van der Waals surface area (Å²) in [5.41, 5.74) is 6.98. The quantitative estimate of drug-likeness (QED) is 0.250. The highest BCUT2D eigenvalue weighted by Crippen LogP contribution is 2.30. The molecule has 0 fully saturated rings. The smallest absolute Gasteiger partial charge is 0.309 e. The zero-order chi connectivity index (χ0) is 26.5. The number of aliphatic hydroxyl groups excluding tert-OH is 2. The fraction of sp³-hybridized carbons (Fsp3) is 0.478. The van der Waals surface area contributed by atoms with Gasteiger partial charge in [-0.1, -0.05) is 12.1 Å². The lowest BCUT2D eigenvalue weighted by atomic mass is 10.1. The van der Waals surface area contributed by atoms with E-state index < -0.39 is 28.7 Å². The van der Waals surface area contributed by atoms with E-state index in [0.717, 1.165) is 4.31 Å². The van der Waals surface area contributed by atoms with Crippen LogP contribution in [0.5, 0.6) is 0 Å². The largest absolute Gasteiger partial charge is 0.469 e. The molecule has 1 aliphatic heterocycles. The van der Waals surface area contributed by atoms with E-state index in [4.69, 9.17) is 5.73 Å². The van der Waals surface area contributed by atoms with Crippen molar-refractivity contribution in [3.05, 3.63) is 41.2 Å². The third-order valence-electron chi connectivity index (χ3n) is 5.79. The Balaban J connectivity index is 1.71. The monoisotopic (exact) mass is 521 g/mol. The molecule has 3 rings (SSSR count). The number of amides is 1. The molecule has 36 heavy (non-hydrogen) atoms. The summed E-state index contributed by atoms with van der Waals surface area (Å²) in [6.07, 6.45) is -0.409. The van der Waals surface area contributed by atoms with E-state index in [2.05, 4.69) is 14.7 Å². The van der Waals surface area contributed by atoms with Crippen LogP contribution in [0.2, 0.25) is 0 Å². The van der Waals surface area contributed by atoms with Crippen molar-refractivity contribution < 1.29 is 33.0 Å². The highest BCUT2D eigenvalue weighted by Gasteiger charge is 2.31. The number of hydrogen-bond acceptors (Lipinski definition) is 10. The second kappa shape index (κ2) is 11.7. The second-order valence-electron chi connectivity index (χ2n) is 8.49. The number of fused-ring (bicyclic) bond motifs is 1. The SMILES string of the molecule is COC(=O)Cc1cccc(S(=O)(=O)N(CCCCN2C(=O)Cc3c(N)nc(C)nc32)C[C@@H](O)CO)c1. The maximum Gasteiger partial charge on any atom is 0.309 e. The van der Waals surface area contributed by atoms with Crippen LogP contribution in [0.1, 0.15) is 29.8 Å². The van der Waals surface area contributed by atoms with E-state index >= 15 is 0 Å². The van der Waals surface area contributed by atoms with Gasteiger partial charge in [0.05, 0.1) is 37.6 Å². The van der Waals surface area contributed by atoms with Gasteiger partial charge in [0.1, 0.15) is 17.5 Å². The van der Waals surface area contributed by atoms with Crippen LogP contribution in [0.3, 0.4) is 0 Å². The molecule has 0 unspecified atom stereocenters. The Hall–Kier alpha value is -3.13. The predicted octanol–water partition coefficient (Wildman–Crippen LogP) is -0.204. The van der Waals surface area contributed by atoms with E-state index in [0.29, 0.717) is 42.2 Å². The Kier molecular flexibility index (Phi) is 8.95. The number of nitrogens with zero attached hydrogens (tertiary/aromatic N) is 4. The van der Waals surface area contributed by atoms with Crippen molar-refractivity contribution in [2.45, 2.75) is 43.6 Å². The molecule has 0 spiro atoms. The van der Waals surface area contributed by atoms with Crippen LogP contribution >= 0.6 is 0 Å². The molecule has 0 radical (unpaired) electrons. The summed E-state index contributed by atoms with van der Waals surface area (Å²) in [7, 11) is -2.80. The number of nitrogen functional groups attached to an aromatic ring is 1. The van der Waals surface area contributed by atoms with E-state index in [-0.39, 0.29) is 42.6 Å². The number of hydrogen-bond donors (Lipinski definition) is 3. The number of unbranched alkanes of at least 4 members (excludes halogenated alkanes) is 1. The lowest BCUT2D eigenvalue weighted by molar-refractivity contribution is -0.139. The summed E-state index contributed by atoms with van der Waals surface area (Å²) in [4.78, 5) is 34.0. The fourth-order valence-corrected chi connectivity index (χ4v) is 5.54. The van der Waals surface area contributed by atoms with Gasteiger partial charge < -0.3 is 20.7 Å². The Morgan fingerprint density at radius 2 is 2.06 bits per heavy atom. The number of rotatable bonds is 12. The first-order valence-corrected chi connectivity index (χ1v) is 12.9. The van der Waals surface area contributed by atoms with Gasteiger partial charge >= 0.3 is 5.97 Å². The van der Waals surface area contributed by atoms with Crippen molar-refractivity contribution >= 4 is 33.5 Å². The number of aryl methyl sites for hydroxylation is 1. The number of esters is 1. The van der Waals surface area contributed by atoms with Crippen LogP contribution in [0.25, 0.3) is 0 Å². The molecule has 1 aliphatic rings. The van der Waals surface area contributed by atoms with Crippen LogP contribution in [-0.4, -0.2) is 84.2 Å². The van der Waals surface area contributed by atoms with Gasteiger partial charge in [0.15, 0.2) is 0 Å². The Labute approximate surface area is 209 Å². The lowest BCUT2D eigenvalue weighted by Crippen LogP contribution is -2.39. The van der Waals surface area contributed by atoms with Crippen molar-refractivity contribution in [1.29, 1.82) is 0 Å². The predicted molar refractivity (Wildman–Crippen MR) is 130 cm³/mol. The molecule has 1 amide bonds. The maximum atomic E-state index is 13.4. The standard InChI is InChI=1S/C23H31N5O7S/c1-15-25-22(24)19-12-20(31)28(23(19)26-15)9-4-3-8-27(13-17(30)14-29)36(33,34)18-7-5-6-16(10-18)11-21(32)35-2/h5-7,10,17,29-30H,3-4,8-9,11-14H2,1-2H3,(H2,24,25,26)/t17-/m1/s1. The van der Waals surface area contributed by atoms with E-state index in [1.54, 1.807) is 13.0 Å². The topological polar surface area (TPSA) is 176 Å². The van der Waals surface area contributed by atoms with Crippen LogP contribution in [-0.2, 0) is 37.2 Å². The molecule has 1 atom stereocenters. The third-order valence-corrected chi connectivity index (χ3v) is 7.65. The van der Waals surface area contributed by atoms with Crippen LogP contribution in [0, 0.1) is 6.92 Å². The molecule has 0 saturated carbocycles. The first kappa shape index (κ1) is 27.5. The molecule has 2 aromatic rings. The average molecular weight is 522 g/mol. The summed E-state index contributed by atoms with van der Waals surface area (Å²) in [6.45, 7) is 1.13. The summed E-state index contributed by atoms with van der Waals surface area (Å²) >= 11 is 0. The minimum atomic E-state index is -4.05. The van der Waals surface area contributed by atoms with Crippen molar-refractivity contribution in [2.24, 2.45) is 0 Å². The first-order valence-electron chi connectivity index (χ1n) is 11.4. The number of aromatic nitrogens is 2. The van der Waals surface area contributed by atoms with Gasteiger partial charge in [0.2, 0.25) is 15.9 Å². The number of aliphatic hydroxyl groups is 2. The minimum absolute atomic E-state index is 0.0414. The van der Waals surface area contributed by atoms with Crippen molar-refractivity contribution in [3.63, 3.8) is 0 Å². The normalized spacial score (nSPS) is 14.2. The first-order chi connectivity index (χ1) is 17.1. The summed E-state index contributed by atoms with van der Waals surface area (Å²) in [5.74, 6) is 0.554. The number of sulfonamides is 1. The number of methoxy groups -OCH3 is 1. The Morgan fingerprint density at radius 3 is 2.75 bits per heavy atom. The van der Waals surface area contributed by atoms with Gasteiger partial charge in [-0.05, 0) is 37.5 Å². The highest BCUT2D eigenvalue weighted by atomic mass is 32.2. The van der Waals surface area contributed by atoms with Crippen molar-refractivity contribution in [3.8, 4) is 0 Å². The van der Waals surface area contributed by atoms with E-state index in [1.807, 2.05) is 0 Å². The summed E-state index contributed by atoms with van der Waals surface area (Å²) in [5, 5.41) is 19.3. The van der Waals surface area contributed by atoms with Gasteiger partial charge in [0.25, 0.3) is 0 Å². The molecule has 4 N–H and O–H groups in total. The molecule has 12 nitrogen and oxygen atoms in total. The summed E-state index contributed by atoms with van der Waals surface area (Å²) < 4.78 is 32.4. The maximum absolute atomic E-state index is 13.4. The van der Waals surface area contributed by atoms with Crippen molar-refractivity contribution in [1.82, 2.24) is 14.3 Å². The van der Waals surface area contributed by atoms with Crippen LogP contribution in [0.15, 0.2) is 29.2 Å². The molecule has 0 bridgehead atoms. The molecule has 13 heteroatoms. The molecule has 1 aromatic heterocycles. The Bertz CT molecular complexity index is 1220. The van der Waals surface area contributed by atoms with Gasteiger partial charge in [-0.15, -0.1) is 0 Å². The third kappa shape index (κ3) is 6.35. The van der Waals surface area contributed by atoms with Gasteiger partial charge in [-0.3, -0.25) is 14.5 Å². The van der Waals surface area contributed by atoms with Gasteiger partial charge in [-0.2, -0.15) is 4.31 Å². The summed E-state index contributed by atoms with van der Waals surface area (Å²) in [6, 6.07) is 5.93. The lowest BCUT2D eigenvalue weighted by Gasteiger charge is -2.25. The number of nitrogens with two attached hydrogens (primary N) is 1. The van der Waals surface area contributed by atoms with Crippen molar-refractivity contribution in [2.75, 3.05) is 44.0 Å². The molecule has 196 valence electrons. The van der Waals surface area contributed by atoms with E-state index in [9.17, 15) is 28.2 Å². The van der Waals surface area contributed by atoms with E-state index in [1.165, 1.54) is 30.2 Å². The molecule has 0 aliphatic carbocycles. The second-order valence-corrected chi connectivity index (χ2v) is 10.4. The zero-order valence-corrected chi connectivity index (χ0v) is 21.1. The fourth-order valence-electron chi connectivity index (χ4n) is 3.95. The highest BCUT2D eigenvalue weighted by molar-refractivity contribution is 7.89. The Morgan fingerprint density at radius 1 is 1.31 bits per heavy atom. The minimum Gasteiger partial charge on any atom is -0.469 e. The molecule has 0 saturated heterocycles. The van der Waals surface area contributed by atoms with Gasteiger partial charge in [-0.25, -0.2) is 18.4 Å². The number of carbonyl (C=O) groups is 2. The number of benzene rings is 1. The molecular weight excluding hydrogens is 490 g/mol. The zero-order valence-electron chi connectivity index (χ0n) is 20.3. The molecular formula is C23H31N5O7S.